The van der Waals surface area contributed by atoms with Crippen molar-refractivity contribution in [3.05, 3.63) is 85.3 Å². The number of hydrazine groups is 1. The Kier molecular flexibility index (Phi) is 340. The van der Waals surface area contributed by atoms with Crippen LogP contribution in [0.15, 0.2) is 120 Å². The molecule has 0 aromatic heterocycles. The maximum atomic E-state index is 10.2. The van der Waals surface area contributed by atoms with Crippen molar-refractivity contribution < 1.29 is 19.1 Å². The highest BCUT2D eigenvalue weighted by Gasteiger charge is 2.07. The molecule has 0 radical (unpaired) electrons. The number of hydrogen-bond donors (Lipinski definition) is 4. The van der Waals surface area contributed by atoms with Crippen LogP contribution in [0.3, 0.4) is 0 Å². The Morgan fingerprint density at radius 1 is 0.316 bits per heavy atom. The van der Waals surface area contributed by atoms with Gasteiger partial charge >= 0.3 is 0 Å². The van der Waals surface area contributed by atoms with Crippen molar-refractivity contribution in [2.75, 3.05) is 45.9 Å². The van der Waals surface area contributed by atoms with Gasteiger partial charge in [-0.05, 0) is 134 Å². The van der Waals surface area contributed by atoms with Gasteiger partial charge in [-0.1, -0.05) is 373 Å². The first-order chi connectivity index (χ1) is 56.2. The minimum absolute atomic E-state index is 0.162. The normalized spacial score (nSPS) is 13.6. The van der Waals surface area contributed by atoms with Crippen molar-refractivity contribution >= 4 is 61.2 Å². The quantitative estimate of drug-likeness (QED) is 0.172. The summed E-state index contributed by atoms with van der Waals surface area (Å²) in [4.78, 5) is 50.0. The van der Waals surface area contributed by atoms with E-state index in [1.807, 2.05) is 336 Å². The molecule has 694 valence electrons. The van der Waals surface area contributed by atoms with Crippen molar-refractivity contribution in [3.8, 4) is 0 Å². The molecule has 2 fully saturated rings. The Morgan fingerprint density at radius 3 is 0.868 bits per heavy atom. The smallest absolute Gasteiger partial charge is 0.192 e. The fraction of sp³-hybridized carbons (Fsp3) is 0.758. The predicted octanol–water partition coefficient (Wildman–Crippen LogP) is 33.0. The fourth-order valence-electron chi connectivity index (χ4n) is 6.44. The van der Waals surface area contributed by atoms with Gasteiger partial charge in [0.2, 0.25) is 0 Å². The standard InChI is InChI=1S/C7H12.C7H10.2C6H9N.C5H7N.C5H8O.C5H6O.C4H8N2.C4H5NO.C3H7N3.C3H6N2O.22C2H6/c2*1-7-5-3-2-4-6-7;1-6-3-2-4-7-5-6;1-6-4-2-3-5-7-6;1-5-3-2-4-6-5;2*6-5-3-1-2-4-5;1-2-4-6-5-3-1;6-4-1-2-5-3-4;1-2-5-6-3-4-1;1-2-6-3-5-4-1;22*1-2/h1-6H2;3,5H,1-2,4,6H2;2*5H,1-4H2;4H,1-3H2;1-4H2;1,3H,2,4H2;3,6H,1-2,4H2;3H,1-2H2;3,5H,1-2H2,(H,4,6);3-4H,1-2H2;22*1-2H3. The van der Waals surface area contributed by atoms with E-state index in [-0.39, 0.29) is 11.6 Å². The second-order valence-corrected chi connectivity index (χ2v) is 17.1. The fourth-order valence-corrected chi connectivity index (χ4v) is 6.44. The first kappa shape index (κ1) is 167. The first-order valence-electron chi connectivity index (χ1n) is 47.6. The van der Waals surface area contributed by atoms with E-state index in [4.69, 9.17) is 4.74 Å². The van der Waals surface area contributed by atoms with Gasteiger partial charge < -0.3 is 21.0 Å². The summed E-state index contributed by atoms with van der Waals surface area (Å²) in [7, 11) is 0. The number of allylic oxidation sites excluding steroid dienone is 9. The van der Waals surface area contributed by atoms with Gasteiger partial charge in [-0.15, -0.1) is 5.10 Å². The molecule has 7 aliphatic heterocycles. The Labute approximate surface area is 723 Å². The van der Waals surface area contributed by atoms with E-state index < -0.39 is 0 Å². The maximum absolute atomic E-state index is 10.2. The number of aliphatic imine (C=N–C) groups is 5. The summed E-state index contributed by atoms with van der Waals surface area (Å²) in [6.07, 6.45) is 47.1. The zero-order valence-corrected chi connectivity index (χ0v) is 86.6. The highest BCUT2D eigenvalue weighted by Crippen LogP contribution is 2.20. The van der Waals surface area contributed by atoms with Crippen molar-refractivity contribution in [1.82, 2.24) is 21.7 Å². The van der Waals surface area contributed by atoms with Crippen LogP contribution in [0.2, 0.25) is 0 Å². The third-order valence-corrected chi connectivity index (χ3v) is 10.5. The summed E-state index contributed by atoms with van der Waals surface area (Å²) in [6.45, 7) is 113. The molecular weight excluding hydrogens is 1410 g/mol. The average Bonchev–Trinajstić information content (AvgIpc) is 1.94. The van der Waals surface area contributed by atoms with Crippen LogP contribution in [0.4, 0.5) is 0 Å². The minimum Gasteiger partial charge on any atom is -0.480 e. The number of nitrogens with zero attached hydrogens (tertiary/aromatic N) is 7. The molecule has 0 amide bonds. The molecule has 0 aromatic rings. The molecule has 0 unspecified atom stereocenters. The van der Waals surface area contributed by atoms with E-state index in [9.17, 15) is 14.4 Å². The zero-order chi connectivity index (χ0) is 94.8. The van der Waals surface area contributed by atoms with E-state index in [1.54, 1.807) is 12.4 Å². The lowest BCUT2D eigenvalue weighted by atomic mass is 9.97. The second kappa shape index (κ2) is 232. The maximum Gasteiger partial charge on any atom is 0.192 e. The van der Waals surface area contributed by atoms with Gasteiger partial charge in [0.15, 0.2) is 18.0 Å². The number of hydrogen-bond acceptors (Lipinski definition) is 15. The van der Waals surface area contributed by atoms with Crippen LogP contribution in [0, 0.1) is 0 Å². The average molecular weight is 1630 g/mol. The number of ketones is 3. The molecule has 2 saturated carbocycles. The molecule has 11 rings (SSSR count). The molecule has 11 aliphatic rings. The Balaban J connectivity index is -0.0000000390. The number of carbonyl (C=O) groups excluding carboxylic acids is 3. The van der Waals surface area contributed by atoms with Crippen LogP contribution < -0.4 is 21.7 Å². The Morgan fingerprint density at radius 2 is 0.737 bits per heavy atom. The van der Waals surface area contributed by atoms with Crippen molar-refractivity contribution in [1.29, 1.82) is 0 Å². The molecule has 4 aliphatic carbocycles. The van der Waals surface area contributed by atoms with Gasteiger partial charge in [-0.3, -0.25) is 39.3 Å². The molecule has 15 nitrogen and oxygen atoms in total. The predicted molar refractivity (Wildman–Crippen MR) is 547 cm³/mol. The van der Waals surface area contributed by atoms with Crippen molar-refractivity contribution in [2.45, 2.75) is 459 Å². The van der Waals surface area contributed by atoms with Crippen LogP contribution in [0.25, 0.3) is 0 Å². The zero-order valence-electron chi connectivity index (χ0n) is 86.6. The number of nitrogens with one attached hydrogen (secondary N) is 4. The van der Waals surface area contributed by atoms with Gasteiger partial charge in [-0.25, -0.2) is 5.43 Å². The Bertz CT molecular complexity index is 1610. The largest absolute Gasteiger partial charge is 0.480 e. The summed E-state index contributed by atoms with van der Waals surface area (Å²) >= 11 is 0. The summed E-state index contributed by atoms with van der Waals surface area (Å²) in [6, 6.07) is 0. The number of hydrazone groups is 2. The number of rotatable bonds is 0. The molecule has 0 saturated heterocycles. The summed E-state index contributed by atoms with van der Waals surface area (Å²) < 4.78 is 4.72. The van der Waals surface area contributed by atoms with Gasteiger partial charge in [-0.2, -0.15) is 5.10 Å². The molecule has 4 N–H and O–H groups in total. The van der Waals surface area contributed by atoms with Gasteiger partial charge in [0.05, 0.1) is 25.6 Å². The topological polar surface area (TPSA) is 195 Å². The minimum atomic E-state index is 0.162. The molecule has 0 bridgehead atoms. The second-order valence-electron chi connectivity index (χ2n) is 17.1. The number of carbonyl (C=O) groups is 3. The van der Waals surface area contributed by atoms with Crippen LogP contribution in [0.5, 0.6) is 0 Å². The van der Waals surface area contributed by atoms with E-state index in [0.29, 0.717) is 18.7 Å². The summed E-state index contributed by atoms with van der Waals surface area (Å²) in [5.41, 5.74) is 17.2. The highest BCUT2D eigenvalue weighted by atomic mass is 16.5. The molecule has 7 heterocycles. The lowest BCUT2D eigenvalue weighted by Crippen LogP contribution is -2.36. The van der Waals surface area contributed by atoms with Crippen LogP contribution in [-0.4, -0.2) is 107 Å². The van der Waals surface area contributed by atoms with Crippen molar-refractivity contribution in [3.63, 3.8) is 0 Å². The molecule has 0 atom stereocenters. The lowest BCUT2D eigenvalue weighted by Gasteiger charge is -2.10. The van der Waals surface area contributed by atoms with E-state index >= 15 is 0 Å². The van der Waals surface area contributed by atoms with Gasteiger partial charge in [0.1, 0.15) is 12.4 Å². The van der Waals surface area contributed by atoms with Crippen LogP contribution >= 0.6 is 0 Å². The number of ether oxygens (including phenoxy) is 1. The summed E-state index contributed by atoms with van der Waals surface area (Å²) in [5.74, 6) is 0.889. The van der Waals surface area contributed by atoms with E-state index in [2.05, 4.69) is 102 Å². The lowest BCUT2D eigenvalue weighted by molar-refractivity contribution is -0.117. The molecular formula is C99H219N11O4. The Hall–Kier alpha value is -5.96. The van der Waals surface area contributed by atoms with E-state index in [0.717, 1.165) is 128 Å². The third-order valence-electron chi connectivity index (χ3n) is 10.5. The first-order valence-corrected chi connectivity index (χ1v) is 47.6. The van der Waals surface area contributed by atoms with Gasteiger partial charge in [0.25, 0.3) is 0 Å². The third kappa shape index (κ3) is 225. The monoisotopic (exact) mass is 1630 g/mol. The van der Waals surface area contributed by atoms with Crippen LogP contribution in [0.1, 0.15) is 459 Å². The molecule has 0 aromatic carbocycles. The van der Waals surface area contributed by atoms with Crippen LogP contribution in [-0.2, 0) is 19.1 Å². The summed E-state index contributed by atoms with van der Waals surface area (Å²) in [5, 5.41) is 7.38. The number of Topliss-reactive ketones (excluding diaryl/α,β-unsaturated/α-hetero) is 2. The van der Waals surface area contributed by atoms with Crippen molar-refractivity contribution in [2.24, 2.45) is 35.2 Å². The molecule has 15 heteroatoms. The van der Waals surface area contributed by atoms with E-state index in [1.165, 1.54) is 100.0 Å². The van der Waals surface area contributed by atoms with Gasteiger partial charge in [0, 0.05) is 88.1 Å². The highest BCUT2D eigenvalue weighted by molar-refractivity contribution is 6.28. The molecule has 114 heavy (non-hydrogen) atoms. The molecule has 0 spiro atoms. The SMILES string of the molecule is C1=NCCNN1.C1=NNCCC1.C1=NNCCO1.C=C1C=CCCC1.C=C1C=NCCC1.C=C1CCC=N1.C=C1CCCC=N1.C=C1CCCCC1.CC.CC.CC.CC.CC.CC.CC.CC.CC.CC.CC.CC.CC.CC.CC.CC.CC.CC.CC.CC.CC.CC.O=C1C=CCC1.O=C1C=NCC1.O=C1CCCC1.